The topological polar surface area (TPSA) is 55.3 Å². The highest BCUT2D eigenvalue weighted by Gasteiger charge is 2.28. The van der Waals surface area contributed by atoms with Gasteiger partial charge in [0.1, 0.15) is 23.5 Å². The molecule has 1 aliphatic heterocycles. The summed E-state index contributed by atoms with van der Waals surface area (Å²) in [5.74, 6) is 1.55. The summed E-state index contributed by atoms with van der Waals surface area (Å²) >= 11 is 0. The van der Waals surface area contributed by atoms with Gasteiger partial charge in [0.15, 0.2) is 11.6 Å². The maximum Gasteiger partial charge on any atom is 0.183 e. The monoisotopic (exact) mass is 411 g/mol. The van der Waals surface area contributed by atoms with Crippen LogP contribution in [-0.4, -0.2) is 34.9 Å². The summed E-state index contributed by atoms with van der Waals surface area (Å²) in [6.45, 7) is 10.8. The number of rotatable bonds is 9. The Labute approximate surface area is 178 Å². The van der Waals surface area contributed by atoms with Crippen molar-refractivity contribution in [1.29, 1.82) is 0 Å². The minimum atomic E-state index is -0.403. The Kier molecular flexibility index (Phi) is 7.19. The lowest BCUT2D eigenvalue weighted by atomic mass is 9.94. The molecule has 1 aromatic heterocycles. The summed E-state index contributed by atoms with van der Waals surface area (Å²) in [4.78, 5) is 22.6. The number of carbonyl (C=O) groups is 1. The summed E-state index contributed by atoms with van der Waals surface area (Å²) in [5.41, 5.74) is 0.980. The van der Waals surface area contributed by atoms with Gasteiger partial charge in [-0.15, -0.1) is 6.58 Å². The first-order valence-electron chi connectivity index (χ1n) is 10.6. The van der Waals surface area contributed by atoms with Crippen LogP contribution < -0.4 is 9.64 Å². The number of aromatic nitrogens is 2. The summed E-state index contributed by atoms with van der Waals surface area (Å²) in [5, 5.41) is 0. The number of halogens is 1. The number of nitrogens with zero attached hydrogens (tertiary/aromatic N) is 3. The highest BCUT2D eigenvalue weighted by atomic mass is 19.1. The molecule has 30 heavy (non-hydrogen) atoms. The first kappa shape index (κ1) is 21.9. The van der Waals surface area contributed by atoms with Crippen molar-refractivity contribution >= 4 is 11.6 Å². The zero-order valence-corrected chi connectivity index (χ0v) is 18.0. The third kappa shape index (κ3) is 5.23. The van der Waals surface area contributed by atoms with Gasteiger partial charge in [-0.25, -0.2) is 14.4 Å². The lowest BCUT2D eigenvalue weighted by Crippen LogP contribution is -2.26. The van der Waals surface area contributed by atoms with Gasteiger partial charge in [0.25, 0.3) is 0 Å². The number of hydrogen-bond donors (Lipinski definition) is 0. The van der Waals surface area contributed by atoms with Crippen LogP contribution in [-0.2, 0) is 4.79 Å². The average Bonchev–Trinajstić information content (AvgIpc) is 3.20. The molecule has 1 fully saturated rings. The second-order valence-corrected chi connectivity index (χ2v) is 8.11. The fourth-order valence-electron chi connectivity index (χ4n) is 3.56. The summed E-state index contributed by atoms with van der Waals surface area (Å²) in [6.07, 6.45) is 4.98. The number of Topliss-reactive ketones (excluding diaryl/α,β-unsaturated/α-hetero) is 1. The highest BCUT2D eigenvalue weighted by molar-refractivity contribution is 5.85. The largest absolute Gasteiger partial charge is 0.489 e. The van der Waals surface area contributed by atoms with Gasteiger partial charge in [-0.2, -0.15) is 0 Å². The minimum Gasteiger partial charge on any atom is -0.489 e. The second kappa shape index (κ2) is 9.83. The smallest absolute Gasteiger partial charge is 0.183 e. The van der Waals surface area contributed by atoms with Crippen molar-refractivity contribution < 1.29 is 13.9 Å². The second-order valence-electron chi connectivity index (χ2n) is 8.11. The highest BCUT2D eigenvalue weighted by Crippen LogP contribution is 2.27. The van der Waals surface area contributed by atoms with Gasteiger partial charge >= 0.3 is 0 Å². The van der Waals surface area contributed by atoms with E-state index in [0.717, 1.165) is 17.7 Å². The molecule has 0 amide bonds. The predicted molar refractivity (Wildman–Crippen MR) is 117 cm³/mol. The fourth-order valence-corrected chi connectivity index (χ4v) is 3.56. The molecule has 0 radical (unpaired) electrons. The molecule has 0 aliphatic carbocycles. The Morgan fingerprint density at radius 1 is 1.33 bits per heavy atom. The van der Waals surface area contributed by atoms with Crippen molar-refractivity contribution in [2.45, 2.75) is 58.0 Å². The molecule has 2 aromatic rings. The van der Waals surface area contributed by atoms with E-state index < -0.39 is 5.82 Å². The summed E-state index contributed by atoms with van der Waals surface area (Å²) in [6, 6.07) is 7.68. The fraction of sp³-hybridized carbons (Fsp3) is 0.458. The zero-order chi connectivity index (χ0) is 21.7. The third-order valence-corrected chi connectivity index (χ3v) is 5.47. The van der Waals surface area contributed by atoms with Gasteiger partial charge in [-0.3, -0.25) is 4.79 Å². The zero-order valence-electron chi connectivity index (χ0n) is 18.0. The molecule has 0 saturated carbocycles. The standard InChI is InChI=1S/C24H30FN3O2/c1-5-6-7-22(29)17(4)18-8-10-19(11-9-18)30-20-12-13-28(15-20)24-21(25)14-26-23(27-24)16(2)3/h5,8-11,14,16-17,20H,1,6-7,12-13,15H2,2-4H3. The molecule has 2 heterocycles. The van der Waals surface area contributed by atoms with Crippen molar-refractivity contribution in [3.05, 3.63) is 60.3 Å². The van der Waals surface area contributed by atoms with E-state index in [9.17, 15) is 9.18 Å². The number of ether oxygens (including phenoxy) is 1. The Morgan fingerprint density at radius 2 is 2.07 bits per heavy atom. The first-order valence-corrected chi connectivity index (χ1v) is 10.6. The van der Waals surface area contributed by atoms with E-state index in [4.69, 9.17) is 4.74 Å². The molecule has 1 saturated heterocycles. The molecule has 1 aromatic carbocycles. The van der Waals surface area contributed by atoms with Gasteiger partial charge in [-0.1, -0.05) is 39.0 Å². The van der Waals surface area contributed by atoms with Crippen LogP contribution >= 0.6 is 0 Å². The SMILES string of the molecule is C=CCCC(=O)C(C)c1ccc(OC2CCN(c3nc(C(C)C)ncc3F)C2)cc1. The minimum absolute atomic E-state index is 0.0423. The summed E-state index contributed by atoms with van der Waals surface area (Å²) < 4.78 is 20.4. The van der Waals surface area contributed by atoms with Gasteiger partial charge in [0.05, 0.1) is 12.7 Å². The number of anilines is 1. The average molecular weight is 412 g/mol. The number of hydrogen-bond acceptors (Lipinski definition) is 5. The van der Waals surface area contributed by atoms with Crippen LogP contribution in [0.1, 0.15) is 63.3 Å². The van der Waals surface area contributed by atoms with E-state index in [0.29, 0.717) is 37.6 Å². The predicted octanol–water partition coefficient (Wildman–Crippen LogP) is 5.04. The van der Waals surface area contributed by atoms with E-state index >= 15 is 0 Å². The third-order valence-electron chi connectivity index (χ3n) is 5.47. The number of allylic oxidation sites excluding steroid dienone is 1. The molecule has 1 aliphatic rings. The van der Waals surface area contributed by atoms with E-state index in [1.165, 1.54) is 6.20 Å². The number of benzene rings is 1. The Hall–Kier alpha value is -2.76. The maximum atomic E-state index is 14.3. The molecular weight excluding hydrogens is 381 g/mol. The molecule has 0 N–H and O–H groups in total. The molecule has 0 bridgehead atoms. The van der Waals surface area contributed by atoms with Crippen LogP contribution in [0.3, 0.4) is 0 Å². The Morgan fingerprint density at radius 3 is 2.73 bits per heavy atom. The van der Waals surface area contributed by atoms with E-state index in [2.05, 4.69) is 16.5 Å². The quantitative estimate of drug-likeness (QED) is 0.541. The van der Waals surface area contributed by atoms with Crippen molar-refractivity contribution in [1.82, 2.24) is 9.97 Å². The van der Waals surface area contributed by atoms with Crippen molar-refractivity contribution in [2.24, 2.45) is 0 Å². The molecule has 6 heteroatoms. The van der Waals surface area contributed by atoms with Crippen molar-refractivity contribution in [3.8, 4) is 5.75 Å². The molecule has 2 unspecified atom stereocenters. The molecule has 5 nitrogen and oxygen atoms in total. The van der Waals surface area contributed by atoms with Crippen molar-refractivity contribution in [3.63, 3.8) is 0 Å². The number of carbonyl (C=O) groups excluding carboxylic acids is 1. The van der Waals surface area contributed by atoms with Gasteiger partial charge in [0, 0.05) is 31.2 Å². The number of ketones is 1. The Balaban J connectivity index is 1.60. The van der Waals surface area contributed by atoms with E-state index in [1.807, 2.05) is 49.9 Å². The van der Waals surface area contributed by atoms with Gasteiger partial charge in [0.2, 0.25) is 0 Å². The Bertz CT molecular complexity index is 883. The molecule has 160 valence electrons. The van der Waals surface area contributed by atoms with E-state index in [1.54, 1.807) is 6.08 Å². The van der Waals surface area contributed by atoms with E-state index in [-0.39, 0.29) is 23.7 Å². The van der Waals surface area contributed by atoms with Crippen LogP contribution in [0.2, 0.25) is 0 Å². The molecule has 2 atom stereocenters. The lowest BCUT2D eigenvalue weighted by Gasteiger charge is -2.19. The molecule has 3 rings (SSSR count). The first-order chi connectivity index (χ1) is 14.4. The molecular formula is C24H30FN3O2. The maximum absolute atomic E-state index is 14.3. The van der Waals surface area contributed by atoms with Crippen LogP contribution in [0, 0.1) is 5.82 Å². The lowest BCUT2D eigenvalue weighted by molar-refractivity contribution is -0.120. The van der Waals surface area contributed by atoms with Crippen LogP contribution in [0.25, 0.3) is 0 Å². The van der Waals surface area contributed by atoms with Crippen LogP contribution in [0.15, 0.2) is 43.1 Å². The van der Waals surface area contributed by atoms with Crippen LogP contribution in [0.5, 0.6) is 5.75 Å². The van der Waals surface area contributed by atoms with Crippen LogP contribution in [0.4, 0.5) is 10.2 Å². The summed E-state index contributed by atoms with van der Waals surface area (Å²) in [7, 11) is 0. The van der Waals surface area contributed by atoms with Crippen molar-refractivity contribution in [2.75, 3.05) is 18.0 Å². The van der Waals surface area contributed by atoms with Gasteiger partial charge in [-0.05, 0) is 24.1 Å². The normalized spacial score (nSPS) is 17.2. The molecule has 0 spiro atoms. The van der Waals surface area contributed by atoms with Gasteiger partial charge < -0.3 is 9.64 Å².